The second-order valence-corrected chi connectivity index (χ2v) is 9.86. The summed E-state index contributed by atoms with van der Waals surface area (Å²) in [6, 6.07) is 24.7. The number of hydrogen-bond acceptors (Lipinski definition) is 6. The smallest absolute Gasteiger partial charge is 0.344 e. The maximum Gasteiger partial charge on any atom is 0.344 e. The van der Waals surface area contributed by atoms with Crippen LogP contribution >= 0.6 is 11.8 Å². The van der Waals surface area contributed by atoms with Crippen LogP contribution in [0.3, 0.4) is 0 Å². The van der Waals surface area contributed by atoms with Gasteiger partial charge in [0.1, 0.15) is 11.8 Å². The van der Waals surface area contributed by atoms with E-state index in [9.17, 15) is 19.5 Å². The minimum absolute atomic E-state index is 0.125. The molecule has 1 unspecified atom stereocenters. The first kappa shape index (κ1) is 27.8. The zero-order chi connectivity index (χ0) is 27.0. The molecule has 3 aromatic rings. The van der Waals surface area contributed by atoms with Crippen molar-refractivity contribution >= 4 is 29.6 Å². The fourth-order valence-corrected chi connectivity index (χ4v) is 5.51. The van der Waals surface area contributed by atoms with Crippen molar-refractivity contribution in [2.24, 2.45) is 0 Å². The van der Waals surface area contributed by atoms with E-state index in [1.165, 1.54) is 25.6 Å². The van der Waals surface area contributed by atoms with Crippen molar-refractivity contribution in [3.8, 4) is 5.75 Å². The highest BCUT2D eigenvalue weighted by atomic mass is 32.2. The first-order valence-corrected chi connectivity index (χ1v) is 12.8. The molecule has 0 aromatic heterocycles. The van der Waals surface area contributed by atoms with Crippen LogP contribution in [0.25, 0.3) is 0 Å². The molecule has 8 heteroatoms. The summed E-state index contributed by atoms with van der Waals surface area (Å²) in [7, 11) is 1.61. The minimum atomic E-state index is -1.34. The van der Waals surface area contributed by atoms with Crippen molar-refractivity contribution in [1.82, 2.24) is 5.32 Å². The van der Waals surface area contributed by atoms with E-state index in [1.807, 2.05) is 73.7 Å². The van der Waals surface area contributed by atoms with Crippen molar-refractivity contribution in [1.29, 1.82) is 0 Å². The molecule has 1 amide bonds. The van der Waals surface area contributed by atoms with Gasteiger partial charge in [-0.2, -0.15) is 0 Å². The van der Waals surface area contributed by atoms with Crippen LogP contribution in [0.4, 0.5) is 0 Å². The number of esters is 1. The summed E-state index contributed by atoms with van der Waals surface area (Å²) in [6.07, 6.45) is -1.34. The third kappa shape index (κ3) is 6.71. The molecule has 2 N–H and O–H groups in total. The van der Waals surface area contributed by atoms with Gasteiger partial charge in [0.2, 0.25) is 5.91 Å². The Morgan fingerprint density at radius 1 is 0.919 bits per heavy atom. The summed E-state index contributed by atoms with van der Waals surface area (Å²) in [5.74, 6) is -1.66. The van der Waals surface area contributed by atoms with Gasteiger partial charge in [-0.05, 0) is 42.7 Å². The molecular formula is C29H31NO6S. The number of thioether (sulfide) groups is 1. The summed E-state index contributed by atoms with van der Waals surface area (Å²) in [4.78, 5) is 36.1. The Labute approximate surface area is 221 Å². The van der Waals surface area contributed by atoms with Gasteiger partial charge in [0.25, 0.3) is 0 Å². The van der Waals surface area contributed by atoms with Gasteiger partial charge in [-0.3, -0.25) is 4.79 Å². The molecule has 0 saturated carbocycles. The average molecular weight is 522 g/mol. The molecular weight excluding hydrogens is 490 g/mol. The molecule has 3 rings (SSSR count). The number of hydrogen-bond donors (Lipinski definition) is 2. The van der Waals surface area contributed by atoms with E-state index in [0.29, 0.717) is 5.75 Å². The fraction of sp³-hybridized carbons (Fsp3) is 0.276. The highest BCUT2D eigenvalue weighted by Crippen LogP contribution is 2.49. The molecule has 0 saturated heterocycles. The summed E-state index contributed by atoms with van der Waals surface area (Å²) in [5, 5.41) is 11.8. The number of nitrogens with one attached hydrogen (secondary N) is 1. The van der Waals surface area contributed by atoms with Gasteiger partial charge in [-0.1, -0.05) is 72.3 Å². The first-order chi connectivity index (χ1) is 17.7. The fourth-order valence-electron chi connectivity index (χ4n) is 3.97. The number of benzene rings is 3. The Bertz CT molecular complexity index is 1210. The number of methoxy groups -OCH3 is 1. The molecule has 0 fully saturated rings. The molecule has 0 radical (unpaired) electrons. The number of amides is 1. The van der Waals surface area contributed by atoms with E-state index < -0.39 is 34.7 Å². The molecule has 0 heterocycles. The van der Waals surface area contributed by atoms with E-state index in [1.54, 1.807) is 7.11 Å². The predicted molar refractivity (Wildman–Crippen MR) is 144 cm³/mol. The van der Waals surface area contributed by atoms with Gasteiger partial charge >= 0.3 is 11.9 Å². The number of carboxylic acids is 1. The van der Waals surface area contributed by atoms with Crippen molar-refractivity contribution < 1.29 is 29.0 Å². The van der Waals surface area contributed by atoms with Crippen LogP contribution in [0, 0.1) is 6.92 Å². The molecule has 0 bridgehead atoms. The van der Waals surface area contributed by atoms with Gasteiger partial charge in [0, 0.05) is 12.7 Å². The van der Waals surface area contributed by atoms with Crippen LogP contribution in [-0.2, 0) is 23.9 Å². The lowest BCUT2D eigenvalue weighted by Gasteiger charge is -2.36. The summed E-state index contributed by atoms with van der Waals surface area (Å²) in [6.45, 7) is 4.59. The van der Waals surface area contributed by atoms with Crippen LogP contribution < -0.4 is 10.1 Å². The molecule has 194 valence electrons. The second-order valence-electron chi connectivity index (χ2n) is 8.62. The molecule has 0 aliphatic rings. The Morgan fingerprint density at radius 3 is 1.97 bits per heavy atom. The Morgan fingerprint density at radius 2 is 1.46 bits per heavy atom. The quantitative estimate of drug-likeness (QED) is 0.282. The van der Waals surface area contributed by atoms with E-state index in [-0.39, 0.29) is 5.75 Å². The zero-order valence-electron chi connectivity index (χ0n) is 21.3. The minimum Gasteiger partial charge on any atom is -0.497 e. The molecule has 7 nitrogen and oxygen atoms in total. The van der Waals surface area contributed by atoms with Crippen LogP contribution in [0.15, 0.2) is 78.9 Å². The van der Waals surface area contributed by atoms with Gasteiger partial charge < -0.3 is 19.9 Å². The molecule has 37 heavy (non-hydrogen) atoms. The van der Waals surface area contributed by atoms with E-state index in [0.717, 1.165) is 22.3 Å². The maximum atomic E-state index is 12.9. The largest absolute Gasteiger partial charge is 0.497 e. The topological polar surface area (TPSA) is 102 Å². The van der Waals surface area contributed by atoms with Gasteiger partial charge in [-0.15, -0.1) is 11.8 Å². The Balaban J connectivity index is 2.13. The van der Waals surface area contributed by atoms with Crippen molar-refractivity contribution in [3.05, 3.63) is 101 Å². The highest BCUT2D eigenvalue weighted by Gasteiger charge is 2.39. The summed E-state index contributed by atoms with van der Waals surface area (Å²) in [5.41, 5.74) is 4.01. The number of carbonyl (C=O) groups is 3. The van der Waals surface area contributed by atoms with Crippen LogP contribution in [0.2, 0.25) is 0 Å². The van der Waals surface area contributed by atoms with Crippen molar-refractivity contribution in [2.75, 3.05) is 12.9 Å². The van der Waals surface area contributed by atoms with Crippen molar-refractivity contribution in [3.63, 3.8) is 0 Å². The zero-order valence-corrected chi connectivity index (χ0v) is 22.1. The number of ether oxygens (including phenoxy) is 2. The average Bonchev–Trinajstić information content (AvgIpc) is 2.89. The molecule has 3 aromatic carbocycles. The number of carboxylic acid groups (broad SMARTS) is 1. The van der Waals surface area contributed by atoms with E-state index in [2.05, 4.69) is 17.4 Å². The SMILES string of the molecule is COc1ccc(C(SC[C@H](NC(C)=O)C(=O)O[C@H](C)C(=O)O)(c2ccccc2)c2ccc(C)cc2)cc1. The molecule has 0 aliphatic carbocycles. The number of aryl methyl sites for hydroxylation is 1. The lowest BCUT2D eigenvalue weighted by atomic mass is 9.83. The van der Waals surface area contributed by atoms with Crippen LogP contribution in [0.5, 0.6) is 5.75 Å². The third-order valence-corrected chi connectivity index (χ3v) is 7.54. The Kier molecular flexibility index (Phi) is 9.36. The number of rotatable bonds is 11. The maximum absolute atomic E-state index is 12.9. The summed E-state index contributed by atoms with van der Waals surface area (Å²) >= 11 is 1.46. The lowest BCUT2D eigenvalue weighted by molar-refractivity contribution is -0.164. The standard InChI is InChI=1S/C29H31NO6S/c1-19-10-12-23(13-11-19)29(22-8-6-5-7-9-22,24-14-16-25(35-4)17-15-24)37-18-26(30-21(3)31)28(34)36-20(2)27(32)33/h5-17,20,26H,18H2,1-4H3,(H,30,31)(H,32,33)/t20-,26+,29?/m1/s1. The Hall–Kier alpha value is -3.78. The van der Waals surface area contributed by atoms with Crippen LogP contribution in [0.1, 0.15) is 36.1 Å². The molecule has 3 atom stereocenters. The van der Waals surface area contributed by atoms with Crippen molar-refractivity contribution in [2.45, 2.75) is 37.7 Å². The number of aliphatic carboxylic acids is 1. The van der Waals surface area contributed by atoms with E-state index in [4.69, 9.17) is 9.47 Å². The number of carbonyl (C=O) groups excluding carboxylic acids is 2. The molecule has 0 aliphatic heterocycles. The first-order valence-electron chi connectivity index (χ1n) is 11.8. The monoisotopic (exact) mass is 521 g/mol. The van der Waals surface area contributed by atoms with Gasteiger partial charge in [0.05, 0.1) is 11.9 Å². The van der Waals surface area contributed by atoms with E-state index >= 15 is 0 Å². The predicted octanol–water partition coefficient (Wildman–Crippen LogP) is 4.55. The second kappa shape index (κ2) is 12.5. The third-order valence-electron chi connectivity index (χ3n) is 5.90. The molecule has 0 spiro atoms. The lowest BCUT2D eigenvalue weighted by Crippen LogP contribution is -2.45. The van der Waals surface area contributed by atoms with Crippen LogP contribution in [-0.4, -0.2) is 48.0 Å². The normalized spacial score (nSPS) is 14.1. The van der Waals surface area contributed by atoms with Gasteiger partial charge in [-0.25, -0.2) is 9.59 Å². The van der Waals surface area contributed by atoms with Gasteiger partial charge in [0.15, 0.2) is 6.10 Å². The summed E-state index contributed by atoms with van der Waals surface area (Å²) < 4.78 is 9.73. The highest BCUT2D eigenvalue weighted by molar-refractivity contribution is 8.00.